The SMILES string of the molecule is CC(C)(C)OC(=O)ON(Cc1ccccc1)[C@H](CO)C(=O)O. The molecule has 22 heavy (non-hydrogen) atoms. The van der Waals surface area contributed by atoms with Crippen LogP contribution >= 0.6 is 0 Å². The van der Waals surface area contributed by atoms with Crippen LogP contribution in [0.15, 0.2) is 30.3 Å². The molecule has 1 aromatic rings. The Bertz CT molecular complexity index is 497. The van der Waals surface area contributed by atoms with Crippen molar-refractivity contribution in [3.05, 3.63) is 35.9 Å². The van der Waals surface area contributed by atoms with Gasteiger partial charge in [-0.15, -0.1) is 5.06 Å². The van der Waals surface area contributed by atoms with Crippen LogP contribution in [-0.2, 0) is 20.9 Å². The minimum atomic E-state index is -1.38. The fourth-order valence-corrected chi connectivity index (χ4v) is 1.63. The number of carbonyl (C=O) groups is 2. The molecule has 0 aromatic heterocycles. The van der Waals surface area contributed by atoms with Crippen molar-refractivity contribution < 1.29 is 29.4 Å². The van der Waals surface area contributed by atoms with Gasteiger partial charge < -0.3 is 19.8 Å². The van der Waals surface area contributed by atoms with Gasteiger partial charge in [-0.25, -0.2) is 4.79 Å². The van der Waals surface area contributed by atoms with E-state index in [4.69, 9.17) is 14.7 Å². The molecular formula is C15H21NO6. The van der Waals surface area contributed by atoms with Gasteiger partial charge in [0, 0.05) is 0 Å². The van der Waals surface area contributed by atoms with E-state index in [0.29, 0.717) is 0 Å². The first-order valence-electron chi connectivity index (χ1n) is 6.78. The van der Waals surface area contributed by atoms with E-state index < -0.39 is 30.4 Å². The number of nitrogens with zero attached hydrogens (tertiary/aromatic N) is 1. The number of hydrogen-bond donors (Lipinski definition) is 2. The molecule has 0 aliphatic rings. The van der Waals surface area contributed by atoms with Crippen LogP contribution in [0.3, 0.4) is 0 Å². The molecule has 0 amide bonds. The molecule has 122 valence electrons. The Labute approximate surface area is 129 Å². The van der Waals surface area contributed by atoms with Crippen molar-refractivity contribution in [3.8, 4) is 0 Å². The predicted molar refractivity (Wildman–Crippen MR) is 77.8 cm³/mol. The fourth-order valence-electron chi connectivity index (χ4n) is 1.63. The highest BCUT2D eigenvalue weighted by Gasteiger charge is 2.30. The first kappa shape index (κ1) is 17.9. The highest BCUT2D eigenvalue weighted by atomic mass is 16.8. The fraction of sp³-hybridized carbons (Fsp3) is 0.467. The minimum Gasteiger partial charge on any atom is -0.480 e. The maximum Gasteiger partial charge on any atom is 0.528 e. The number of hydroxylamine groups is 2. The zero-order valence-electron chi connectivity index (χ0n) is 12.9. The zero-order chi connectivity index (χ0) is 16.8. The molecule has 2 N–H and O–H groups in total. The van der Waals surface area contributed by atoms with E-state index in [0.717, 1.165) is 10.6 Å². The van der Waals surface area contributed by atoms with E-state index in [1.807, 2.05) is 6.07 Å². The van der Waals surface area contributed by atoms with Gasteiger partial charge in [-0.05, 0) is 26.3 Å². The third kappa shape index (κ3) is 6.11. The van der Waals surface area contributed by atoms with Gasteiger partial charge in [0.25, 0.3) is 0 Å². The van der Waals surface area contributed by atoms with Crippen molar-refractivity contribution in [3.63, 3.8) is 0 Å². The van der Waals surface area contributed by atoms with Gasteiger partial charge >= 0.3 is 12.1 Å². The van der Waals surface area contributed by atoms with Crippen LogP contribution in [0.2, 0.25) is 0 Å². The van der Waals surface area contributed by atoms with Crippen molar-refractivity contribution in [1.29, 1.82) is 0 Å². The largest absolute Gasteiger partial charge is 0.528 e. The van der Waals surface area contributed by atoms with Crippen LogP contribution in [0.1, 0.15) is 26.3 Å². The van der Waals surface area contributed by atoms with Crippen molar-refractivity contribution >= 4 is 12.1 Å². The summed E-state index contributed by atoms with van der Waals surface area (Å²) in [6.07, 6.45) is -1.02. The molecule has 7 heteroatoms. The van der Waals surface area contributed by atoms with Crippen molar-refractivity contribution in [2.24, 2.45) is 0 Å². The lowest BCUT2D eigenvalue weighted by molar-refractivity contribution is -0.192. The quantitative estimate of drug-likeness (QED) is 0.611. The number of ether oxygens (including phenoxy) is 1. The maximum absolute atomic E-state index is 11.7. The topological polar surface area (TPSA) is 96.3 Å². The Hall–Kier alpha value is -2.12. The molecule has 0 bridgehead atoms. The molecule has 1 atom stereocenters. The molecule has 0 aliphatic carbocycles. The summed E-state index contributed by atoms with van der Waals surface area (Å²) in [6, 6.07) is 7.48. The third-order valence-corrected chi connectivity index (χ3v) is 2.57. The molecule has 0 unspecified atom stereocenters. The Kier molecular flexibility index (Phi) is 6.33. The van der Waals surface area contributed by atoms with Gasteiger partial charge in [-0.1, -0.05) is 30.3 Å². The second-order valence-electron chi connectivity index (χ2n) is 5.65. The van der Waals surface area contributed by atoms with E-state index in [1.54, 1.807) is 45.0 Å². The van der Waals surface area contributed by atoms with Gasteiger partial charge in [0.05, 0.1) is 13.2 Å². The summed E-state index contributed by atoms with van der Waals surface area (Å²) in [5.41, 5.74) is -0.0428. The summed E-state index contributed by atoms with van der Waals surface area (Å²) in [6.45, 7) is 4.30. The Morgan fingerprint density at radius 3 is 2.27 bits per heavy atom. The lowest BCUT2D eigenvalue weighted by Crippen LogP contribution is -2.45. The molecule has 0 saturated carbocycles. The molecule has 0 spiro atoms. The van der Waals surface area contributed by atoms with Crippen LogP contribution in [0.5, 0.6) is 0 Å². The summed E-state index contributed by atoms with van der Waals surface area (Å²) in [4.78, 5) is 27.9. The van der Waals surface area contributed by atoms with Crippen LogP contribution in [0.25, 0.3) is 0 Å². The lowest BCUT2D eigenvalue weighted by Gasteiger charge is -2.27. The van der Waals surface area contributed by atoms with Gasteiger partial charge in [0.2, 0.25) is 0 Å². The molecule has 0 radical (unpaired) electrons. The summed E-state index contributed by atoms with van der Waals surface area (Å²) >= 11 is 0. The second kappa shape index (κ2) is 7.77. The first-order chi connectivity index (χ1) is 10.2. The number of carboxylic acid groups (broad SMARTS) is 1. The Balaban J connectivity index is 2.86. The smallest absolute Gasteiger partial charge is 0.480 e. The van der Waals surface area contributed by atoms with E-state index in [1.165, 1.54) is 0 Å². The highest BCUT2D eigenvalue weighted by Crippen LogP contribution is 2.13. The molecule has 0 heterocycles. The average Bonchev–Trinajstić information content (AvgIpc) is 2.37. The van der Waals surface area contributed by atoms with E-state index in [-0.39, 0.29) is 6.54 Å². The molecule has 0 saturated heterocycles. The summed E-state index contributed by atoms with van der Waals surface area (Å²) in [7, 11) is 0. The highest BCUT2D eigenvalue weighted by molar-refractivity contribution is 5.73. The van der Waals surface area contributed by atoms with Gasteiger partial charge in [0.1, 0.15) is 5.60 Å². The number of benzene rings is 1. The second-order valence-corrected chi connectivity index (χ2v) is 5.65. The van der Waals surface area contributed by atoms with Gasteiger partial charge in [-0.2, -0.15) is 0 Å². The molecule has 0 aliphatic heterocycles. The van der Waals surface area contributed by atoms with Crippen LogP contribution in [0.4, 0.5) is 4.79 Å². The molecular weight excluding hydrogens is 290 g/mol. The van der Waals surface area contributed by atoms with E-state index >= 15 is 0 Å². The van der Waals surface area contributed by atoms with Crippen molar-refractivity contribution in [1.82, 2.24) is 5.06 Å². The maximum atomic E-state index is 11.7. The minimum absolute atomic E-state index is 0.0115. The van der Waals surface area contributed by atoms with Gasteiger partial charge in [-0.3, -0.25) is 4.79 Å². The normalized spacial score (nSPS) is 12.8. The Morgan fingerprint density at radius 1 is 1.23 bits per heavy atom. The standard InChI is InChI=1S/C15H21NO6/c1-15(2,3)21-14(20)22-16(12(10-17)13(18)19)9-11-7-5-4-6-8-11/h4-8,12,17H,9-10H2,1-3H3,(H,18,19)/t12-/m1/s1. The number of hydrogen-bond acceptors (Lipinski definition) is 6. The number of aliphatic hydroxyl groups is 1. The Morgan fingerprint density at radius 2 is 1.82 bits per heavy atom. The number of carbonyl (C=O) groups excluding carboxylic acids is 1. The number of aliphatic carboxylic acids is 1. The van der Waals surface area contributed by atoms with Gasteiger partial charge in [0.15, 0.2) is 6.04 Å². The van der Waals surface area contributed by atoms with E-state index in [9.17, 15) is 14.7 Å². The number of aliphatic hydroxyl groups excluding tert-OH is 1. The summed E-state index contributed by atoms with van der Waals surface area (Å²) in [5, 5.41) is 19.3. The monoisotopic (exact) mass is 311 g/mol. The van der Waals surface area contributed by atoms with Crippen LogP contribution in [0, 0.1) is 0 Å². The predicted octanol–water partition coefficient (Wildman–Crippen LogP) is 1.80. The van der Waals surface area contributed by atoms with E-state index in [2.05, 4.69) is 0 Å². The molecule has 0 fully saturated rings. The number of rotatable bonds is 6. The molecule has 7 nitrogen and oxygen atoms in total. The third-order valence-electron chi connectivity index (χ3n) is 2.57. The van der Waals surface area contributed by atoms with Crippen molar-refractivity contribution in [2.75, 3.05) is 6.61 Å². The van der Waals surface area contributed by atoms with Crippen molar-refractivity contribution in [2.45, 2.75) is 39.0 Å². The van der Waals surface area contributed by atoms with Crippen LogP contribution in [-0.4, -0.2) is 45.7 Å². The average molecular weight is 311 g/mol. The molecule has 1 aromatic carbocycles. The summed E-state index contributed by atoms with van der Waals surface area (Å²) < 4.78 is 5.00. The number of carboxylic acids is 1. The molecule has 1 rings (SSSR count). The summed E-state index contributed by atoms with van der Waals surface area (Å²) in [5.74, 6) is -1.30. The van der Waals surface area contributed by atoms with Crippen LogP contribution < -0.4 is 0 Å². The first-order valence-corrected chi connectivity index (χ1v) is 6.78. The lowest BCUT2D eigenvalue weighted by atomic mass is 10.2. The zero-order valence-corrected chi connectivity index (χ0v) is 12.9.